The van der Waals surface area contributed by atoms with E-state index in [4.69, 9.17) is 0 Å². The average molecular weight is 467 g/mol. The first-order valence-corrected chi connectivity index (χ1v) is 13.2. The number of hydrogen-bond acceptors (Lipinski definition) is 2. The molecule has 2 unspecified atom stereocenters. The number of hydrogen-bond donors (Lipinski definition) is 0. The molecule has 0 aromatic heterocycles. The molecule has 0 aliphatic heterocycles. The standard InChI is InChI=1S/C30H40F2N2/c1-3-20-34(21-18-24-11-7-5-8-12-24)27(4-2)17-19-30(23-33,25-13-9-6-10-14-25)26-15-16-28(31)29(32)22-26/h5,7-8,11-12,15-16,22,25,27H,3-4,6,9-10,13-14,17-21H2,1-2H3. The van der Waals surface area contributed by atoms with Crippen molar-refractivity contribution in [3.63, 3.8) is 0 Å². The zero-order chi connectivity index (χ0) is 24.4. The lowest BCUT2D eigenvalue weighted by Crippen LogP contribution is -2.41. The van der Waals surface area contributed by atoms with Gasteiger partial charge in [0.1, 0.15) is 0 Å². The molecule has 0 saturated heterocycles. The molecule has 2 aromatic carbocycles. The van der Waals surface area contributed by atoms with E-state index in [0.717, 1.165) is 64.5 Å². The van der Waals surface area contributed by atoms with Gasteiger partial charge in [0.15, 0.2) is 11.6 Å². The molecule has 3 rings (SSSR count). The largest absolute Gasteiger partial charge is 0.300 e. The minimum absolute atomic E-state index is 0.192. The van der Waals surface area contributed by atoms with Crippen LogP contribution in [-0.4, -0.2) is 24.0 Å². The Bertz CT molecular complexity index is 917. The number of rotatable bonds is 12. The Morgan fingerprint density at radius 1 is 1.00 bits per heavy atom. The molecule has 1 aliphatic carbocycles. The van der Waals surface area contributed by atoms with Crippen molar-refractivity contribution in [3.05, 3.63) is 71.3 Å². The molecule has 2 atom stereocenters. The molecule has 34 heavy (non-hydrogen) atoms. The van der Waals surface area contributed by atoms with E-state index < -0.39 is 17.0 Å². The van der Waals surface area contributed by atoms with E-state index in [1.807, 2.05) is 6.07 Å². The Morgan fingerprint density at radius 3 is 2.35 bits per heavy atom. The van der Waals surface area contributed by atoms with Crippen LogP contribution in [-0.2, 0) is 11.8 Å². The van der Waals surface area contributed by atoms with E-state index in [1.165, 1.54) is 24.1 Å². The van der Waals surface area contributed by atoms with Gasteiger partial charge < -0.3 is 4.90 Å². The Balaban J connectivity index is 1.82. The highest BCUT2D eigenvalue weighted by molar-refractivity contribution is 5.35. The molecule has 184 valence electrons. The number of benzene rings is 2. The molecule has 0 bridgehead atoms. The van der Waals surface area contributed by atoms with Gasteiger partial charge >= 0.3 is 0 Å². The zero-order valence-electron chi connectivity index (χ0n) is 20.9. The molecule has 0 N–H and O–H groups in total. The normalized spacial score (nSPS) is 17.3. The van der Waals surface area contributed by atoms with Gasteiger partial charge in [-0.3, -0.25) is 0 Å². The highest BCUT2D eigenvalue weighted by Gasteiger charge is 2.42. The van der Waals surface area contributed by atoms with E-state index in [9.17, 15) is 14.0 Å². The summed E-state index contributed by atoms with van der Waals surface area (Å²) in [6.45, 7) is 6.46. The second kappa shape index (κ2) is 13.0. The lowest BCUT2D eigenvalue weighted by atomic mass is 9.63. The summed E-state index contributed by atoms with van der Waals surface area (Å²) >= 11 is 0. The number of nitrogens with zero attached hydrogens (tertiary/aromatic N) is 2. The van der Waals surface area contributed by atoms with Crippen LogP contribution < -0.4 is 0 Å². The topological polar surface area (TPSA) is 27.0 Å². The van der Waals surface area contributed by atoms with Crippen molar-refractivity contribution < 1.29 is 8.78 Å². The second-order valence-electron chi connectivity index (χ2n) is 9.92. The summed E-state index contributed by atoms with van der Waals surface area (Å²) in [4.78, 5) is 2.57. The van der Waals surface area contributed by atoms with Crippen molar-refractivity contribution in [2.75, 3.05) is 13.1 Å². The SMILES string of the molecule is CCCN(CCc1ccccc1)C(CC)CCC(C#N)(c1ccc(F)c(F)c1)C1CCCCC1. The molecule has 0 heterocycles. The summed E-state index contributed by atoms with van der Waals surface area (Å²) in [7, 11) is 0. The smallest absolute Gasteiger partial charge is 0.159 e. The first-order valence-electron chi connectivity index (χ1n) is 13.2. The van der Waals surface area contributed by atoms with Crippen LogP contribution in [0.15, 0.2) is 48.5 Å². The monoisotopic (exact) mass is 466 g/mol. The van der Waals surface area contributed by atoms with E-state index in [0.29, 0.717) is 18.0 Å². The van der Waals surface area contributed by atoms with Crippen molar-refractivity contribution in [1.82, 2.24) is 4.90 Å². The van der Waals surface area contributed by atoms with Crippen LogP contribution in [0.4, 0.5) is 8.78 Å². The molecule has 0 amide bonds. The molecule has 4 heteroatoms. The maximum Gasteiger partial charge on any atom is 0.159 e. The lowest BCUT2D eigenvalue weighted by Gasteiger charge is -2.40. The highest BCUT2D eigenvalue weighted by atomic mass is 19.2. The second-order valence-corrected chi connectivity index (χ2v) is 9.92. The molecular formula is C30H40F2N2. The number of nitriles is 1. The fourth-order valence-electron chi connectivity index (χ4n) is 5.89. The minimum atomic E-state index is -0.851. The van der Waals surface area contributed by atoms with Crippen molar-refractivity contribution >= 4 is 0 Å². The Labute approximate surface area is 205 Å². The van der Waals surface area contributed by atoms with Gasteiger partial charge in [0.05, 0.1) is 11.5 Å². The third-order valence-corrected chi connectivity index (χ3v) is 7.84. The summed E-state index contributed by atoms with van der Waals surface area (Å²) < 4.78 is 28.0. The molecule has 1 aliphatic rings. The van der Waals surface area contributed by atoms with Crippen LogP contribution in [0.2, 0.25) is 0 Å². The van der Waals surface area contributed by atoms with Gasteiger partial charge in [-0.15, -0.1) is 0 Å². The van der Waals surface area contributed by atoms with Crippen LogP contribution >= 0.6 is 0 Å². The highest BCUT2D eigenvalue weighted by Crippen LogP contribution is 2.45. The maximum atomic E-state index is 14.3. The van der Waals surface area contributed by atoms with Crippen LogP contribution in [0.1, 0.15) is 82.8 Å². The van der Waals surface area contributed by atoms with Crippen molar-refractivity contribution in [1.29, 1.82) is 5.26 Å². The van der Waals surface area contributed by atoms with Crippen molar-refractivity contribution in [2.24, 2.45) is 5.92 Å². The Kier molecular flexibility index (Phi) is 10.1. The molecule has 2 nitrogen and oxygen atoms in total. The quantitative estimate of drug-likeness (QED) is 0.319. The average Bonchev–Trinajstić information content (AvgIpc) is 2.88. The van der Waals surface area contributed by atoms with Crippen LogP contribution in [0, 0.1) is 28.9 Å². The third kappa shape index (κ3) is 6.45. The summed E-state index contributed by atoms with van der Waals surface area (Å²) in [6.07, 6.45) is 10.0. The van der Waals surface area contributed by atoms with Gasteiger partial charge in [-0.2, -0.15) is 5.26 Å². The van der Waals surface area contributed by atoms with Crippen molar-refractivity contribution in [2.45, 2.75) is 89.5 Å². The van der Waals surface area contributed by atoms with Gasteiger partial charge in [0, 0.05) is 12.6 Å². The molecular weight excluding hydrogens is 426 g/mol. The van der Waals surface area contributed by atoms with E-state index in [2.05, 4.69) is 49.1 Å². The summed E-state index contributed by atoms with van der Waals surface area (Å²) in [5.74, 6) is -1.51. The molecule has 1 fully saturated rings. The van der Waals surface area contributed by atoms with Crippen molar-refractivity contribution in [3.8, 4) is 6.07 Å². The lowest BCUT2D eigenvalue weighted by molar-refractivity contribution is 0.159. The zero-order valence-corrected chi connectivity index (χ0v) is 20.9. The van der Waals surface area contributed by atoms with Gasteiger partial charge in [-0.25, -0.2) is 8.78 Å². The molecule has 0 spiro atoms. The van der Waals surface area contributed by atoms with E-state index >= 15 is 0 Å². The van der Waals surface area contributed by atoms with Gasteiger partial charge in [-0.05, 0) is 80.7 Å². The maximum absolute atomic E-state index is 14.3. The van der Waals surface area contributed by atoms with Crippen LogP contribution in [0.3, 0.4) is 0 Å². The Morgan fingerprint density at radius 2 is 1.74 bits per heavy atom. The fraction of sp³-hybridized carbons (Fsp3) is 0.567. The fourth-order valence-corrected chi connectivity index (χ4v) is 5.89. The predicted octanol–water partition coefficient (Wildman–Crippen LogP) is 7.82. The third-order valence-electron chi connectivity index (χ3n) is 7.84. The molecule has 1 saturated carbocycles. The van der Waals surface area contributed by atoms with E-state index in [1.54, 1.807) is 6.07 Å². The summed E-state index contributed by atoms with van der Waals surface area (Å²) in [6, 6.07) is 17.7. The predicted molar refractivity (Wildman–Crippen MR) is 136 cm³/mol. The molecule has 0 radical (unpaired) electrons. The first-order chi connectivity index (χ1) is 16.5. The number of halogens is 2. The summed E-state index contributed by atoms with van der Waals surface area (Å²) in [5.41, 5.74) is 1.23. The Hall–Kier alpha value is -2.25. The van der Waals surface area contributed by atoms with E-state index in [-0.39, 0.29) is 5.92 Å². The first kappa shape index (κ1) is 26.4. The van der Waals surface area contributed by atoms with Gasteiger partial charge in [0.2, 0.25) is 0 Å². The van der Waals surface area contributed by atoms with Crippen LogP contribution in [0.5, 0.6) is 0 Å². The van der Waals surface area contributed by atoms with Gasteiger partial charge in [-0.1, -0.05) is 69.5 Å². The van der Waals surface area contributed by atoms with Gasteiger partial charge in [0.25, 0.3) is 0 Å². The minimum Gasteiger partial charge on any atom is -0.300 e. The molecule has 2 aromatic rings. The summed E-state index contributed by atoms with van der Waals surface area (Å²) in [5, 5.41) is 10.5. The van der Waals surface area contributed by atoms with Crippen LogP contribution in [0.25, 0.3) is 0 Å².